The number of aromatic nitrogens is 4. The highest BCUT2D eigenvalue weighted by atomic mass is 16.5. The molecule has 1 amide bonds. The predicted molar refractivity (Wildman–Crippen MR) is 157 cm³/mol. The van der Waals surface area contributed by atoms with E-state index >= 15 is 0 Å². The van der Waals surface area contributed by atoms with E-state index < -0.39 is 0 Å². The van der Waals surface area contributed by atoms with Gasteiger partial charge in [0.1, 0.15) is 5.56 Å². The third-order valence-corrected chi connectivity index (χ3v) is 8.55. The first-order valence-electron chi connectivity index (χ1n) is 14.6. The molecule has 3 heterocycles. The lowest BCUT2D eigenvalue weighted by molar-refractivity contribution is 0.0592. The summed E-state index contributed by atoms with van der Waals surface area (Å²) in [5, 5.41) is 8.98. The van der Waals surface area contributed by atoms with Gasteiger partial charge in [0.2, 0.25) is 0 Å². The molecular weight excluding hydrogens is 514 g/mol. The number of methoxy groups -OCH3 is 1. The molecule has 6 rings (SSSR count). The number of aryl methyl sites for hydroxylation is 1. The van der Waals surface area contributed by atoms with E-state index in [1.54, 1.807) is 10.9 Å². The highest BCUT2D eigenvalue weighted by Crippen LogP contribution is 2.55. The smallest absolute Gasteiger partial charge is 0.341 e. The molecule has 2 unspecified atom stereocenters. The molecule has 4 aromatic rings. The van der Waals surface area contributed by atoms with E-state index in [1.165, 1.54) is 13.5 Å². The summed E-state index contributed by atoms with van der Waals surface area (Å²) in [6.45, 7) is 3.02. The second kappa shape index (κ2) is 11.4. The SMILES string of the molecule is CCC[C@@H]1CCCCN1C(=O)c1cccc(-c2cccc(-n3ncc(C(=O)OC)c3C3CC3c3cnn(C)c3)c2)c1. The number of benzene rings is 2. The van der Waals surface area contributed by atoms with Crippen LogP contribution in [-0.4, -0.2) is 56.0 Å². The molecule has 8 nitrogen and oxygen atoms in total. The van der Waals surface area contributed by atoms with E-state index in [9.17, 15) is 9.59 Å². The van der Waals surface area contributed by atoms with Gasteiger partial charge in [0, 0.05) is 37.3 Å². The highest BCUT2D eigenvalue weighted by Gasteiger charge is 2.45. The fraction of sp³-hybridized carbons (Fsp3) is 0.394. The average molecular weight is 552 g/mol. The number of hydrogen-bond acceptors (Lipinski definition) is 5. The molecule has 212 valence electrons. The lowest BCUT2D eigenvalue weighted by atomic mass is 9.96. The molecule has 8 heteroatoms. The van der Waals surface area contributed by atoms with Crippen LogP contribution in [0, 0.1) is 0 Å². The van der Waals surface area contributed by atoms with Crippen molar-refractivity contribution in [3.05, 3.63) is 89.5 Å². The van der Waals surface area contributed by atoms with Crippen LogP contribution in [0.2, 0.25) is 0 Å². The maximum absolute atomic E-state index is 13.6. The van der Waals surface area contributed by atoms with Crippen LogP contribution < -0.4 is 0 Å². The minimum atomic E-state index is -0.385. The van der Waals surface area contributed by atoms with Crippen LogP contribution in [0.15, 0.2) is 67.1 Å². The Morgan fingerprint density at radius 2 is 1.80 bits per heavy atom. The molecule has 0 bridgehead atoms. The van der Waals surface area contributed by atoms with Crippen LogP contribution >= 0.6 is 0 Å². The maximum atomic E-state index is 13.6. The predicted octanol–water partition coefficient (Wildman–Crippen LogP) is 6.13. The second-order valence-electron chi connectivity index (χ2n) is 11.3. The Morgan fingerprint density at radius 3 is 2.56 bits per heavy atom. The van der Waals surface area contributed by atoms with Crippen molar-refractivity contribution in [3.8, 4) is 16.8 Å². The average Bonchev–Trinajstić information content (AvgIpc) is 3.46. The third kappa shape index (κ3) is 5.31. The van der Waals surface area contributed by atoms with Crippen LogP contribution in [-0.2, 0) is 11.8 Å². The van der Waals surface area contributed by atoms with Crippen LogP contribution in [0.3, 0.4) is 0 Å². The topological polar surface area (TPSA) is 82.2 Å². The Kier molecular flexibility index (Phi) is 7.47. The lowest BCUT2D eigenvalue weighted by Crippen LogP contribution is -2.43. The number of esters is 1. The van der Waals surface area contributed by atoms with E-state index in [2.05, 4.69) is 28.1 Å². The van der Waals surface area contributed by atoms with Crippen molar-refractivity contribution in [2.45, 2.75) is 63.3 Å². The number of likely N-dealkylation sites (tertiary alicyclic amines) is 1. The molecule has 2 aromatic carbocycles. The molecule has 0 spiro atoms. The summed E-state index contributed by atoms with van der Waals surface area (Å²) in [6, 6.07) is 16.4. The van der Waals surface area contributed by atoms with Crippen LogP contribution in [0.25, 0.3) is 16.8 Å². The quantitative estimate of drug-likeness (QED) is 0.246. The molecule has 2 fully saturated rings. The molecule has 2 aromatic heterocycles. The highest BCUT2D eigenvalue weighted by molar-refractivity contribution is 5.96. The molecule has 1 aliphatic carbocycles. The minimum Gasteiger partial charge on any atom is -0.465 e. The largest absolute Gasteiger partial charge is 0.465 e. The first kappa shape index (κ1) is 27.0. The summed E-state index contributed by atoms with van der Waals surface area (Å²) in [5.74, 6) is 0.152. The first-order valence-corrected chi connectivity index (χ1v) is 14.6. The van der Waals surface area contributed by atoms with Gasteiger partial charge in [0.25, 0.3) is 5.91 Å². The second-order valence-corrected chi connectivity index (χ2v) is 11.3. The molecule has 41 heavy (non-hydrogen) atoms. The monoisotopic (exact) mass is 551 g/mol. The zero-order valence-electron chi connectivity index (χ0n) is 24.0. The number of piperidine rings is 1. The van der Waals surface area contributed by atoms with Gasteiger partial charge in [0.15, 0.2) is 0 Å². The van der Waals surface area contributed by atoms with E-state index in [1.807, 2.05) is 66.6 Å². The standard InChI is InChI=1S/C33H37N5O3/c1-4-9-26-13-5-6-15-37(26)32(39)24-12-7-10-22(16-24)23-11-8-14-27(17-23)38-31(30(20-35-38)33(40)41-3)29-18-28(29)25-19-34-36(2)21-25/h7-8,10-12,14,16-17,19-21,26,28-29H,4-6,9,13,15,18H2,1-3H3/t26-,28?,29?/m1/s1. The van der Waals surface area contributed by atoms with Gasteiger partial charge in [-0.3, -0.25) is 9.48 Å². The third-order valence-electron chi connectivity index (χ3n) is 8.55. The lowest BCUT2D eigenvalue weighted by Gasteiger charge is -2.36. The maximum Gasteiger partial charge on any atom is 0.341 e. The van der Waals surface area contributed by atoms with E-state index in [4.69, 9.17) is 4.74 Å². The van der Waals surface area contributed by atoms with Crippen LogP contribution in [0.5, 0.6) is 0 Å². The number of carbonyl (C=O) groups is 2. The Balaban J connectivity index is 1.31. The molecular formula is C33H37N5O3. The van der Waals surface area contributed by atoms with Crippen molar-refractivity contribution in [1.82, 2.24) is 24.5 Å². The fourth-order valence-corrected chi connectivity index (χ4v) is 6.40. The van der Waals surface area contributed by atoms with Crippen molar-refractivity contribution < 1.29 is 14.3 Å². The van der Waals surface area contributed by atoms with Crippen LogP contribution in [0.1, 0.15) is 89.3 Å². The number of ether oxygens (including phenoxy) is 1. The molecule has 1 saturated carbocycles. The summed E-state index contributed by atoms with van der Waals surface area (Å²) < 4.78 is 8.78. The van der Waals surface area contributed by atoms with Crippen molar-refractivity contribution in [2.75, 3.05) is 13.7 Å². The zero-order valence-corrected chi connectivity index (χ0v) is 24.0. The molecule has 2 aliphatic rings. The van der Waals surface area contributed by atoms with Gasteiger partial charge in [-0.25, -0.2) is 9.48 Å². The van der Waals surface area contributed by atoms with Crippen molar-refractivity contribution in [2.24, 2.45) is 7.05 Å². The number of rotatable bonds is 8. The summed E-state index contributed by atoms with van der Waals surface area (Å²) in [4.78, 5) is 28.4. The minimum absolute atomic E-state index is 0.119. The van der Waals surface area contributed by atoms with E-state index in [0.29, 0.717) is 11.6 Å². The summed E-state index contributed by atoms with van der Waals surface area (Å²) in [6.07, 6.45) is 11.9. The van der Waals surface area contributed by atoms with E-state index in [-0.39, 0.29) is 23.7 Å². The Morgan fingerprint density at radius 1 is 1.00 bits per heavy atom. The summed E-state index contributed by atoms with van der Waals surface area (Å²) in [7, 11) is 3.31. The summed E-state index contributed by atoms with van der Waals surface area (Å²) >= 11 is 0. The van der Waals surface area contributed by atoms with Crippen molar-refractivity contribution >= 4 is 11.9 Å². The van der Waals surface area contributed by atoms with Gasteiger partial charge in [-0.15, -0.1) is 0 Å². The zero-order chi connectivity index (χ0) is 28.5. The molecule has 1 aliphatic heterocycles. The Hall–Kier alpha value is -4.20. The number of amides is 1. The van der Waals surface area contributed by atoms with Gasteiger partial charge in [0.05, 0.1) is 30.9 Å². The summed E-state index contributed by atoms with van der Waals surface area (Å²) in [5.41, 5.74) is 6.06. The van der Waals surface area contributed by atoms with Crippen LogP contribution in [0.4, 0.5) is 0 Å². The van der Waals surface area contributed by atoms with Gasteiger partial charge >= 0.3 is 5.97 Å². The molecule has 0 radical (unpaired) electrons. The molecule has 3 atom stereocenters. The van der Waals surface area contributed by atoms with Crippen molar-refractivity contribution in [1.29, 1.82) is 0 Å². The van der Waals surface area contributed by atoms with E-state index in [0.717, 1.165) is 72.3 Å². The molecule has 0 N–H and O–H groups in total. The van der Waals surface area contributed by atoms with Gasteiger partial charge in [-0.1, -0.05) is 37.6 Å². The number of carbonyl (C=O) groups excluding carboxylic acids is 2. The first-order chi connectivity index (χ1) is 20.0. The number of nitrogens with zero attached hydrogens (tertiary/aromatic N) is 5. The Labute approximate surface area is 240 Å². The Bertz CT molecular complexity index is 1570. The fourth-order valence-electron chi connectivity index (χ4n) is 6.40. The normalized spacial score (nSPS) is 20.2. The van der Waals surface area contributed by atoms with Gasteiger partial charge < -0.3 is 9.64 Å². The van der Waals surface area contributed by atoms with Gasteiger partial charge in [-0.05, 0) is 79.0 Å². The van der Waals surface area contributed by atoms with Gasteiger partial charge in [-0.2, -0.15) is 10.2 Å². The van der Waals surface area contributed by atoms with Crippen molar-refractivity contribution in [3.63, 3.8) is 0 Å². The number of hydrogen-bond donors (Lipinski definition) is 0. The molecule has 1 saturated heterocycles.